The molecule has 0 saturated heterocycles. The van der Waals surface area contributed by atoms with Crippen molar-refractivity contribution in [2.75, 3.05) is 7.11 Å². The number of methoxy groups -OCH3 is 1. The molecule has 0 spiro atoms. The van der Waals surface area contributed by atoms with Gasteiger partial charge in [-0.1, -0.05) is 49.0 Å². The zero-order chi connectivity index (χ0) is 17.5. The summed E-state index contributed by atoms with van der Waals surface area (Å²) in [5.74, 6) is 0.137. The van der Waals surface area contributed by atoms with Gasteiger partial charge in [-0.15, -0.1) is 0 Å². The molecule has 0 aliphatic carbocycles. The Bertz CT molecular complexity index is 733. The summed E-state index contributed by atoms with van der Waals surface area (Å²) >= 11 is 1.22. The summed E-state index contributed by atoms with van der Waals surface area (Å²) in [7, 11) is 1.45. The van der Waals surface area contributed by atoms with Crippen LogP contribution in [0.25, 0.3) is 0 Å². The predicted octanol–water partition coefficient (Wildman–Crippen LogP) is 2.53. The second-order valence-corrected chi connectivity index (χ2v) is 6.44. The lowest BCUT2D eigenvalue weighted by atomic mass is 10.1. The van der Waals surface area contributed by atoms with Gasteiger partial charge in [0, 0.05) is 0 Å². The molecule has 0 radical (unpaired) electrons. The molecular formula is C17H21N3O3S. The van der Waals surface area contributed by atoms with E-state index < -0.39 is 0 Å². The van der Waals surface area contributed by atoms with Gasteiger partial charge in [-0.05, 0) is 18.9 Å². The summed E-state index contributed by atoms with van der Waals surface area (Å²) in [6.45, 7) is 3.86. The minimum Gasteiger partial charge on any atom is -0.481 e. The van der Waals surface area contributed by atoms with E-state index in [0.29, 0.717) is 11.6 Å². The topological polar surface area (TPSA) is 84.1 Å². The molecule has 2 atom stereocenters. The highest BCUT2D eigenvalue weighted by Gasteiger charge is 2.21. The molecule has 0 aliphatic heterocycles. The molecule has 0 aliphatic rings. The van der Waals surface area contributed by atoms with Gasteiger partial charge in [-0.2, -0.15) is 4.98 Å². The molecule has 6 nitrogen and oxygen atoms in total. The van der Waals surface area contributed by atoms with E-state index in [1.54, 1.807) is 0 Å². The standard InChI is InChI=1S/C17H21N3O3S/c1-4-13(24-17-19-14(21)10-15(20-17)23-3)16(22)18-11(2)12-8-6-5-7-9-12/h5-11,13H,4H2,1-3H3,(H,18,22)(H,19,20,21)/t11-,13-/m0/s1. The number of hydrogen-bond donors (Lipinski definition) is 2. The van der Waals surface area contributed by atoms with E-state index in [9.17, 15) is 9.59 Å². The maximum atomic E-state index is 12.5. The van der Waals surface area contributed by atoms with Crippen LogP contribution in [0.3, 0.4) is 0 Å². The molecule has 0 fully saturated rings. The van der Waals surface area contributed by atoms with Crippen LogP contribution >= 0.6 is 11.8 Å². The van der Waals surface area contributed by atoms with Crippen molar-refractivity contribution in [1.82, 2.24) is 15.3 Å². The number of thioether (sulfide) groups is 1. The summed E-state index contributed by atoms with van der Waals surface area (Å²) in [4.78, 5) is 30.9. The van der Waals surface area contributed by atoms with Crippen molar-refractivity contribution >= 4 is 17.7 Å². The van der Waals surface area contributed by atoms with Crippen LogP contribution in [0.1, 0.15) is 31.9 Å². The molecule has 24 heavy (non-hydrogen) atoms. The van der Waals surface area contributed by atoms with E-state index in [1.165, 1.54) is 24.9 Å². The molecule has 0 saturated carbocycles. The van der Waals surface area contributed by atoms with Gasteiger partial charge in [0.25, 0.3) is 5.56 Å². The number of rotatable bonds is 7. The molecule has 2 N–H and O–H groups in total. The largest absolute Gasteiger partial charge is 0.481 e. The van der Waals surface area contributed by atoms with E-state index in [-0.39, 0.29) is 28.6 Å². The molecule has 128 valence electrons. The highest BCUT2D eigenvalue weighted by atomic mass is 32.2. The third-order valence-corrected chi connectivity index (χ3v) is 4.73. The molecule has 1 aromatic heterocycles. The van der Waals surface area contributed by atoms with Crippen molar-refractivity contribution in [3.8, 4) is 5.88 Å². The maximum absolute atomic E-state index is 12.5. The van der Waals surface area contributed by atoms with Crippen LogP contribution in [0.2, 0.25) is 0 Å². The number of nitrogens with zero attached hydrogens (tertiary/aromatic N) is 1. The van der Waals surface area contributed by atoms with Gasteiger partial charge in [0.2, 0.25) is 11.8 Å². The second kappa shape index (κ2) is 8.54. The number of amides is 1. The fraction of sp³-hybridized carbons (Fsp3) is 0.353. The number of H-pyrrole nitrogens is 1. The summed E-state index contributed by atoms with van der Waals surface area (Å²) in [5, 5.41) is 3.01. The fourth-order valence-electron chi connectivity index (χ4n) is 2.16. The third kappa shape index (κ3) is 4.86. The highest BCUT2D eigenvalue weighted by Crippen LogP contribution is 2.23. The van der Waals surface area contributed by atoms with Gasteiger partial charge in [0.15, 0.2) is 5.16 Å². The quantitative estimate of drug-likeness (QED) is 0.594. The zero-order valence-electron chi connectivity index (χ0n) is 13.9. The predicted molar refractivity (Wildman–Crippen MR) is 94.3 cm³/mol. The molecule has 0 bridgehead atoms. The van der Waals surface area contributed by atoms with Crippen LogP contribution in [-0.4, -0.2) is 28.2 Å². The smallest absolute Gasteiger partial charge is 0.255 e. The summed E-state index contributed by atoms with van der Waals surface area (Å²) in [6, 6.07) is 10.9. The van der Waals surface area contributed by atoms with Gasteiger partial charge < -0.3 is 15.0 Å². The van der Waals surface area contributed by atoms with E-state index in [4.69, 9.17) is 4.74 Å². The minimum absolute atomic E-state index is 0.0920. The van der Waals surface area contributed by atoms with E-state index in [2.05, 4.69) is 15.3 Å². The molecule has 0 unspecified atom stereocenters. The summed E-state index contributed by atoms with van der Waals surface area (Å²) < 4.78 is 4.99. The van der Waals surface area contributed by atoms with Crippen LogP contribution in [0.15, 0.2) is 46.3 Å². The fourth-order valence-corrected chi connectivity index (χ4v) is 3.08. The number of ether oxygens (including phenoxy) is 1. The van der Waals surface area contributed by atoms with Crippen LogP contribution in [0.5, 0.6) is 5.88 Å². The Morgan fingerprint density at radius 3 is 2.71 bits per heavy atom. The summed E-state index contributed by atoms with van der Waals surface area (Å²) in [6.07, 6.45) is 0.610. The number of carbonyl (C=O) groups excluding carboxylic acids is 1. The first-order valence-electron chi connectivity index (χ1n) is 7.70. The normalized spacial score (nSPS) is 13.1. The molecular weight excluding hydrogens is 326 g/mol. The Morgan fingerprint density at radius 2 is 2.08 bits per heavy atom. The molecule has 1 heterocycles. The lowest BCUT2D eigenvalue weighted by molar-refractivity contribution is -0.121. The molecule has 2 rings (SSSR count). The first-order chi connectivity index (χ1) is 11.5. The van der Waals surface area contributed by atoms with Crippen LogP contribution in [0.4, 0.5) is 0 Å². The van der Waals surface area contributed by atoms with Crippen LogP contribution < -0.4 is 15.6 Å². The second-order valence-electron chi connectivity index (χ2n) is 5.25. The van der Waals surface area contributed by atoms with Gasteiger partial charge in [-0.25, -0.2) is 0 Å². The van der Waals surface area contributed by atoms with Crippen molar-refractivity contribution in [2.24, 2.45) is 0 Å². The van der Waals surface area contributed by atoms with Crippen molar-refractivity contribution in [3.63, 3.8) is 0 Å². The monoisotopic (exact) mass is 347 g/mol. The van der Waals surface area contributed by atoms with Crippen LogP contribution in [0, 0.1) is 0 Å². The van der Waals surface area contributed by atoms with Gasteiger partial charge in [-0.3, -0.25) is 9.59 Å². The van der Waals surface area contributed by atoms with Crippen molar-refractivity contribution < 1.29 is 9.53 Å². The average molecular weight is 347 g/mol. The third-order valence-electron chi connectivity index (χ3n) is 3.48. The highest BCUT2D eigenvalue weighted by molar-refractivity contribution is 8.00. The first-order valence-corrected chi connectivity index (χ1v) is 8.58. The number of aromatic amines is 1. The minimum atomic E-state index is -0.355. The van der Waals surface area contributed by atoms with E-state index >= 15 is 0 Å². The Kier molecular flexibility index (Phi) is 6.43. The van der Waals surface area contributed by atoms with Gasteiger partial charge in [0.05, 0.1) is 24.5 Å². The Labute approximate surface area is 145 Å². The lowest BCUT2D eigenvalue weighted by Crippen LogP contribution is -2.34. The van der Waals surface area contributed by atoms with Crippen molar-refractivity contribution in [1.29, 1.82) is 0 Å². The molecule has 7 heteroatoms. The summed E-state index contributed by atoms with van der Waals surface area (Å²) in [5.41, 5.74) is 0.732. The SMILES string of the molecule is CC[C@H](Sc1nc(OC)cc(=O)[nH]1)C(=O)N[C@@H](C)c1ccccc1. The zero-order valence-corrected chi connectivity index (χ0v) is 14.7. The van der Waals surface area contributed by atoms with Gasteiger partial charge in [0.1, 0.15) is 0 Å². The average Bonchev–Trinajstić information content (AvgIpc) is 2.59. The Hall–Kier alpha value is -2.28. The van der Waals surface area contributed by atoms with E-state index in [1.807, 2.05) is 44.2 Å². The van der Waals surface area contributed by atoms with Crippen molar-refractivity contribution in [3.05, 3.63) is 52.3 Å². The number of aromatic nitrogens is 2. The maximum Gasteiger partial charge on any atom is 0.255 e. The lowest BCUT2D eigenvalue weighted by Gasteiger charge is -2.19. The Balaban J connectivity index is 2.06. The van der Waals surface area contributed by atoms with Crippen molar-refractivity contribution in [2.45, 2.75) is 36.7 Å². The number of hydrogen-bond acceptors (Lipinski definition) is 5. The number of benzene rings is 1. The molecule has 1 amide bonds. The number of nitrogens with one attached hydrogen (secondary N) is 2. The number of carbonyl (C=O) groups is 1. The Morgan fingerprint density at radius 1 is 1.38 bits per heavy atom. The van der Waals surface area contributed by atoms with E-state index in [0.717, 1.165) is 5.56 Å². The molecule has 1 aromatic carbocycles. The first kappa shape index (κ1) is 18.1. The molecule has 2 aromatic rings. The van der Waals surface area contributed by atoms with Crippen LogP contribution in [-0.2, 0) is 4.79 Å². The van der Waals surface area contributed by atoms with Gasteiger partial charge >= 0.3 is 0 Å².